The summed E-state index contributed by atoms with van der Waals surface area (Å²) < 4.78 is 0. The van der Waals surface area contributed by atoms with E-state index in [1.165, 1.54) is 12.8 Å². The summed E-state index contributed by atoms with van der Waals surface area (Å²) in [6, 6.07) is 1.55. The second kappa shape index (κ2) is 6.34. The van der Waals surface area contributed by atoms with Crippen molar-refractivity contribution >= 4 is 11.8 Å². The molecule has 5 nitrogen and oxygen atoms in total. The van der Waals surface area contributed by atoms with E-state index in [1.807, 2.05) is 0 Å². The van der Waals surface area contributed by atoms with Crippen LogP contribution in [0.15, 0.2) is 0 Å². The third-order valence-electron chi connectivity index (χ3n) is 5.17. The van der Waals surface area contributed by atoms with Crippen LogP contribution in [0.3, 0.4) is 0 Å². The molecule has 118 valence electrons. The first-order chi connectivity index (χ1) is 10.2. The number of hydrogen-bond donors (Lipinski definition) is 1. The van der Waals surface area contributed by atoms with Crippen LogP contribution in [0.5, 0.6) is 0 Å². The Labute approximate surface area is 127 Å². The van der Waals surface area contributed by atoms with Crippen molar-refractivity contribution in [2.45, 2.75) is 70.0 Å². The number of amides is 2. The maximum atomic E-state index is 12.7. The predicted molar refractivity (Wildman–Crippen MR) is 80.8 cm³/mol. The highest BCUT2D eigenvalue weighted by Crippen LogP contribution is 2.30. The van der Waals surface area contributed by atoms with Gasteiger partial charge >= 0.3 is 0 Å². The monoisotopic (exact) mass is 293 g/mol. The van der Waals surface area contributed by atoms with E-state index in [4.69, 9.17) is 0 Å². The molecule has 2 amide bonds. The lowest BCUT2D eigenvalue weighted by molar-refractivity contribution is -0.140. The number of nitrogens with zero attached hydrogens (tertiary/aromatic N) is 2. The predicted octanol–water partition coefficient (Wildman–Crippen LogP) is 1.13. The largest absolute Gasteiger partial charge is 0.338 e. The molecule has 3 rings (SSSR count). The average Bonchev–Trinajstić information content (AvgIpc) is 3.02. The molecule has 0 aromatic rings. The Morgan fingerprint density at radius 3 is 2.62 bits per heavy atom. The van der Waals surface area contributed by atoms with Crippen molar-refractivity contribution in [1.29, 1.82) is 0 Å². The van der Waals surface area contributed by atoms with Crippen LogP contribution in [-0.2, 0) is 9.59 Å². The molecule has 3 aliphatic heterocycles. The van der Waals surface area contributed by atoms with E-state index < -0.39 is 0 Å². The molecular weight excluding hydrogens is 266 g/mol. The van der Waals surface area contributed by atoms with E-state index in [0.717, 1.165) is 38.8 Å². The number of likely N-dealkylation sites (tertiary alicyclic amines) is 1. The van der Waals surface area contributed by atoms with Crippen LogP contribution in [0.2, 0.25) is 0 Å². The summed E-state index contributed by atoms with van der Waals surface area (Å²) in [5, 5.41) is 3.63. The maximum absolute atomic E-state index is 12.7. The molecule has 5 heteroatoms. The van der Waals surface area contributed by atoms with Gasteiger partial charge in [0.1, 0.15) is 0 Å². The molecule has 0 aromatic carbocycles. The van der Waals surface area contributed by atoms with Crippen molar-refractivity contribution in [1.82, 2.24) is 15.1 Å². The lowest BCUT2D eigenvalue weighted by atomic mass is 9.97. The van der Waals surface area contributed by atoms with Gasteiger partial charge in [0, 0.05) is 37.6 Å². The molecule has 1 N–H and O–H groups in total. The minimum atomic E-state index is 0.144. The molecule has 0 aromatic heterocycles. The van der Waals surface area contributed by atoms with Gasteiger partial charge in [0.2, 0.25) is 11.8 Å². The van der Waals surface area contributed by atoms with Crippen molar-refractivity contribution in [3.8, 4) is 0 Å². The first kappa shape index (κ1) is 14.8. The summed E-state index contributed by atoms with van der Waals surface area (Å²) in [6.07, 6.45) is 7.15. The van der Waals surface area contributed by atoms with Gasteiger partial charge < -0.3 is 15.1 Å². The molecule has 0 radical (unpaired) electrons. The number of carbonyl (C=O) groups excluding carboxylic acids is 2. The van der Waals surface area contributed by atoms with Gasteiger partial charge in [0.15, 0.2) is 0 Å². The molecule has 2 unspecified atom stereocenters. The quantitative estimate of drug-likeness (QED) is 0.827. The highest BCUT2D eigenvalue weighted by Gasteiger charge is 2.37. The van der Waals surface area contributed by atoms with Crippen LogP contribution in [0.25, 0.3) is 0 Å². The summed E-state index contributed by atoms with van der Waals surface area (Å²) >= 11 is 0. The van der Waals surface area contributed by atoms with Gasteiger partial charge in [-0.15, -0.1) is 0 Å². The Balaban J connectivity index is 1.63. The summed E-state index contributed by atoms with van der Waals surface area (Å²) in [5.74, 6) is 0.295. The van der Waals surface area contributed by atoms with Gasteiger partial charge in [-0.05, 0) is 38.5 Å². The number of carbonyl (C=O) groups is 2. The van der Waals surface area contributed by atoms with Crippen molar-refractivity contribution in [3.05, 3.63) is 0 Å². The van der Waals surface area contributed by atoms with Gasteiger partial charge in [0.25, 0.3) is 0 Å². The Kier molecular flexibility index (Phi) is 4.48. The van der Waals surface area contributed by atoms with Crippen molar-refractivity contribution in [2.24, 2.45) is 0 Å². The molecule has 3 saturated heterocycles. The topological polar surface area (TPSA) is 52.7 Å². The molecule has 3 heterocycles. The fourth-order valence-electron chi connectivity index (χ4n) is 4.16. The van der Waals surface area contributed by atoms with E-state index in [0.29, 0.717) is 24.5 Å². The van der Waals surface area contributed by atoms with E-state index >= 15 is 0 Å². The van der Waals surface area contributed by atoms with Crippen LogP contribution >= 0.6 is 0 Å². The van der Waals surface area contributed by atoms with E-state index in [2.05, 4.69) is 17.1 Å². The van der Waals surface area contributed by atoms with E-state index in [9.17, 15) is 9.59 Å². The van der Waals surface area contributed by atoms with Gasteiger partial charge in [-0.1, -0.05) is 6.92 Å². The van der Waals surface area contributed by atoms with Gasteiger partial charge in [-0.2, -0.15) is 0 Å². The van der Waals surface area contributed by atoms with Crippen LogP contribution in [0.1, 0.15) is 51.9 Å². The smallest absolute Gasteiger partial charge is 0.242 e. The molecule has 0 spiro atoms. The van der Waals surface area contributed by atoms with Gasteiger partial charge in [-0.25, -0.2) is 0 Å². The zero-order valence-corrected chi connectivity index (χ0v) is 13.0. The molecule has 0 saturated carbocycles. The summed E-state index contributed by atoms with van der Waals surface area (Å²) in [6.45, 7) is 3.99. The first-order valence-corrected chi connectivity index (χ1v) is 8.50. The van der Waals surface area contributed by atoms with Crippen molar-refractivity contribution < 1.29 is 9.59 Å². The lowest BCUT2D eigenvalue weighted by Gasteiger charge is -2.38. The van der Waals surface area contributed by atoms with Crippen molar-refractivity contribution in [2.75, 3.05) is 19.6 Å². The highest BCUT2D eigenvalue weighted by atomic mass is 16.2. The maximum Gasteiger partial charge on any atom is 0.242 e. The summed E-state index contributed by atoms with van der Waals surface area (Å²) in [7, 11) is 0. The molecule has 3 fully saturated rings. The molecule has 3 aliphatic rings. The molecule has 2 atom stereocenters. The number of hydrogen-bond acceptors (Lipinski definition) is 3. The number of nitrogens with one attached hydrogen (secondary N) is 1. The van der Waals surface area contributed by atoms with E-state index in [-0.39, 0.29) is 18.4 Å². The fraction of sp³-hybridized carbons (Fsp3) is 0.875. The fourth-order valence-corrected chi connectivity index (χ4v) is 4.16. The zero-order valence-electron chi connectivity index (χ0n) is 13.0. The van der Waals surface area contributed by atoms with Gasteiger partial charge in [-0.3, -0.25) is 9.59 Å². The average molecular weight is 293 g/mol. The summed E-state index contributed by atoms with van der Waals surface area (Å²) in [5.41, 5.74) is 0. The Bertz CT molecular complexity index is 400. The Hall–Kier alpha value is -1.10. The first-order valence-electron chi connectivity index (χ1n) is 8.50. The second-order valence-corrected chi connectivity index (χ2v) is 6.77. The molecular formula is C16H27N3O2. The van der Waals surface area contributed by atoms with Crippen molar-refractivity contribution in [3.63, 3.8) is 0 Å². The molecule has 2 bridgehead atoms. The van der Waals surface area contributed by atoms with E-state index in [1.54, 1.807) is 4.90 Å². The third-order valence-corrected chi connectivity index (χ3v) is 5.17. The minimum Gasteiger partial charge on any atom is -0.338 e. The number of rotatable bonds is 5. The van der Waals surface area contributed by atoms with Crippen LogP contribution in [0, 0.1) is 0 Å². The normalized spacial score (nSPS) is 31.8. The third kappa shape index (κ3) is 3.23. The zero-order chi connectivity index (χ0) is 14.8. The number of fused-ring (bicyclic) bond motifs is 2. The molecule has 21 heavy (non-hydrogen) atoms. The highest BCUT2D eigenvalue weighted by molar-refractivity contribution is 5.86. The van der Waals surface area contributed by atoms with Crippen LogP contribution in [0.4, 0.5) is 0 Å². The number of piperidine rings is 1. The second-order valence-electron chi connectivity index (χ2n) is 6.77. The minimum absolute atomic E-state index is 0.144. The molecule has 0 aliphatic carbocycles. The van der Waals surface area contributed by atoms with Crippen LogP contribution in [-0.4, -0.2) is 59.4 Å². The summed E-state index contributed by atoms with van der Waals surface area (Å²) in [4.78, 5) is 28.2. The SMILES string of the molecule is CCCN(C(=O)CN1CCCC1=O)C1CC2CCC(C1)N2. The lowest BCUT2D eigenvalue weighted by Crippen LogP contribution is -2.52. The van der Waals surface area contributed by atoms with Gasteiger partial charge in [0.05, 0.1) is 6.54 Å². The Morgan fingerprint density at radius 2 is 2.05 bits per heavy atom. The standard InChI is InChI=1S/C16H27N3O2/c1-2-7-19(14-9-12-5-6-13(10-14)17-12)16(21)11-18-8-3-4-15(18)20/h12-14,17H,2-11H2,1H3. The van der Waals surface area contributed by atoms with Crippen LogP contribution < -0.4 is 5.32 Å². The Morgan fingerprint density at radius 1 is 1.33 bits per heavy atom.